The van der Waals surface area contributed by atoms with Gasteiger partial charge in [0.15, 0.2) is 0 Å². The van der Waals surface area contributed by atoms with Crippen LogP contribution in [0.15, 0.2) is 83.5 Å². The number of anilines is 1. The van der Waals surface area contributed by atoms with Gasteiger partial charge in [-0.05, 0) is 60.7 Å². The molecule has 3 aromatic carbocycles. The number of phenolic OH excluding ortho intramolecular Hbond substituents is 1. The Morgan fingerprint density at radius 1 is 1.00 bits per heavy atom. The zero-order chi connectivity index (χ0) is 21.3. The molecule has 1 N–H and O–H groups in total. The smallest absolute Gasteiger partial charge is 0.282 e. The Morgan fingerprint density at radius 3 is 2.33 bits per heavy atom. The van der Waals surface area contributed by atoms with Gasteiger partial charge in [-0.2, -0.15) is 0 Å². The number of benzene rings is 3. The van der Waals surface area contributed by atoms with E-state index >= 15 is 0 Å². The summed E-state index contributed by atoms with van der Waals surface area (Å²) in [5.74, 6) is -0.0259. The summed E-state index contributed by atoms with van der Waals surface area (Å²) < 4.78 is 0. The molecule has 7 nitrogen and oxygen atoms in total. The average Bonchev–Trinajstić information content (AvgIpc) is 3.05. The van der Waals surface area contributed by atoms with Gasteiger partial charge in [-0.25, -0.2) is 4.99 Å². The van der Waals surface area contributed by atoms with Crippen molar-refractivity contribution in [2.75, 3.05) is 4.90 Å². The van der Waals surface area contributed by atoms with Crippen LogP contribution in [0.5, 0.6) is 5.75 Å². The topological polar surface area (TPSA) is 96.0 Å². The number of hydrogen-bond acceptors (Lipinski definition) is 5. The molecule has 0 aromatic heterocycles. The van der Waals surface area contributed by atoms with Crippen LogP contribution >= 0.6 is 11.6 Å². The second kappa shape index (κ2) is 7.81. The number of para-hydroxylation sites is 1. The number of amidine groups is 1. The number of nitro groups is 1. The first kappa shape index (κ1) is 19.4. The summed E-state index contributed by atoms with van der Waals surface area (Å²) in [6.45, 7) is 0. The maximum atomic E-state index is 13.2. The number of carbonyl (C=O) groups excluding carboxylic acids is 1. The predicted octanol–water partition coefficient (Wildman–Crippen LogP) is 4.79. The highest BCUT2D eigenvalue weighted by Gasteiger charge is 2.33. The van der Waals surface area contributed by atoms with Crippen molar-refractivity contribution in [2.45, 2.75) is 0 Å². The fraction of sp³-hybridized carbons (Fsp3) is 0. The highest BCUT2D eigenvalue weighted by atomic mass is 35.5. The fourth-order valence-corrected chi connectivity index (χ4v) is 3.20. The SMILES string of the molecule is O=C1/C(=C/c2ccccc2[N+](=O)[O-])N=C(c2ccc(Cl)cc2)N1c1ccc(O)cc1. The molecule has 30 heavy (non-hydrogen) atoms. The first-order valence-electron chi connectivity index (χ1n) is 8.87. The second-order valence-electron chi connectivity index (χ2n) is 6.44. The number of nitrogens with zero attached hydrogens (tertiary/aromatic N) is 3. The van der Waals surface area contributed by atoms with E-state index in [1.165, 1.54) is 29.2 Å². The molecule has 1 amide bonds. The third-order valence-electron chi connectivity index (χ3n) is 4.50. The van der Waals surface area contributed by atoms with E-state index in [2.05, 4.69) is 4.99 Å². The van der Waals surface area contributed by atoms with Crippen molar-refractivity contribution in [3.8, 4) is 5.75 Å². The minimum atomic E-state index is -0.507. The molecule has 0 bridgehead atoms. The summed E-state index contributed by atoms with van der Waals surface area (Å²) in [6.07, 6.45) is 1.40. The molecule has 0 saturated carbocycles. The molecule has 1 heterocycles. The molecule has 3 aromatic rings. The van der Waals surface area contributed by atoms with Crippen LogP contribution in [0.3, 0.4) is 0 Å². The number of aliphatic imine (C=N–C) groups is 1. The highest BCUT2D eigenvalue weighted by Crippen LogP contribution is 2.30. The molecular weight excluding hydrogens is 406 g/mol. The Balaban J connectivity index is 1.85. The summed E-state index contributed by atoms with van der Waals surface area (Å²) in [5, 5.41) is 21.4. The van der Waals surface area contributed by atoms with E-state index in [-0.39, 0.29) is 22.7 Å². The molecule has 0 spiro atoms. The first-order chi connectivity index (χ1) is 14.4. The number of amides is 1. The van der Waals surface area contributed by atoms with Gasteiger partial charge < -0.3 is 5.11 Å². The number of carbonyl (C=O) groups is 1. The molecule has 4 rings (SSSR count). The zero-order valence-corrected chi connectivity index (χ0v) is 16.2. The Kier molecular flexibility index (Phi) is 5.04. The number of halogens is 1. The summed E-state index contributed by atoms with van der Waals surface area (Å²) in [7, 11) is 0. The normalized spacial score (nSPS) is 14.8. The van der Waals surface area contributed by atoms with Crippen LogP contribution in [0.2, 0.25) is 5.02 Å². The Labute approximate surface area is 176 Å². The van der Waals surface area contributed by atoms with Gasteiger partial charge in [-0.3, -0.25) is 19.8 Å². The molecule has 148 valence electrons. The van der Waals surface area contributed by atoms with Crippen LogP contribution in [-0.2, 0) is 4.79 Å². The fourth-order valence-electron chi connectivity index (χ4n) is 3.07. The largest absolute Gasteiger partial charge is 0.508 e. The molecule has 0 aliphatic carbocycles. The van der Waals surface area contributed by atoms with Crippen molar-refractivity contribution in [1.82, 2.24) is 0 Å². The van der Waals surface area contributed by atoms with Crippen molar-refractivity contribution in [3.05, 3.63) is 105 Å². The summed E-state index contributed by atoms with van der Waals surface area (Å²) in [6, 6.07) is 19.1. The first-order valence-corrected chi connectivity index (χ1v) is 9.25. The predicted molar refractivity (Wildman–Crippen MR) is 115 cm³/mol. The quantitative estimate of drug-likeness (QED) is 0.373. The van der Waals surface area contributed by atoms with Gasteiger partial charge in [0, 0.05) is 16.7 Å². The van der Waals surface area contributed by atoms with Crippen molar-refractivity contribution in [1.29, 1.82) is 0 Å². The molecule has 8 heteroatoms. The monoisotopic (exact) mass is 419 g/mol. The number of phenols is 1. The van der Waals surface area contributed by atoms with Gasteiger partial charge in [-0.1, -0.05) is 23.7 Å². The van der Waals surface area contributed by atoms with Crippen LogP contribution in [0.4, 0.5) is 11.4 Å². The van der Waals surface area contributed by atoms with E-state index in [4.69, 9.17) is 11.6 Å². The average molecular weight is 420 g/mol. The van der Waals surface area contributed by atoms with Crippen molar-refractivity contribution >= 4 is 40.8 Å². The Morgan fingerprint density at radius 2 is 1.67 bits per heavy atom. The minimum Gasteiger partial charge on any atom is -0.508 e. The van der Waals surface area contributed by atoms with Gasteiger partial charge >= 0.3 is 0 Å². The Hall–Kier alpha value is -3.97. The van der Waals surface area contributed by atoms with Crippen LogP contribution < -0.4 is 4.90 Å². The molecule has 1 aliphatic heterocycles. The highest BCUT2D eigenvalue weighted by molar-refractivity contribution is 6.34. The number of rotatable bonds is 4. The molecule has 0 radical (unpaired) electrons. The number of aromatic hydroxyl groups is 1. The van der Waals surface area contributed by atoms with E-state index in [1.54, 1.807) is 54.6 Å². The van der Waals surface area contributed by atoms with E-state index in [1.807, 2.05) is 0 Å². The maximum Gasteiger partial charge on any atom is 0.282 e. The number of hydrogen-bond donors (Lipinski definition) is 1. The lowest BCUT2D eigenvalue weighted by atomic mass is 10.1. The van der Waals surface area contributed by atoms with Gasteiger partial charge in [-0.15, -0.1) is 0 Å². The van der Waals surface area contributed by atoms with Gasteiger partial charge in [0.05, 0.1) is 16.2 Å². The van der Waals surface area contributed by atoms with E-state index < -0.39 is 10.8 Å². The van der Waals surface area contributed by atoms with Crippen molar-refractivity contribution < 1.29 is 14.8 Å². The van der Waals surface area contributed by atoms with Crippen LogP contribution in [0, 0.1) is 10.1 Å². The molecular formula is C22H14ClN3O4. The van der Waals surface area contributed by atoms with Crippen LogP contribution in [-0.4, -0.2) is 21.8 Å². The molecule has 1 aliphatic rings. The second-order valence-corrected chi connectivity index (χ2v) is 6.88. The molecule has 0 atom stereocenters. The summed E-state index contributed by atoms with van der Waals surface area (Å²) in [4.78, 5) is 29.9. The molecule has 0 saturated heterocycles. The summed E-state index contributed by atoms with van der Waals surface area (Å²) >= 11 is 5.98. The third-order valence-corrected chi connectivity index (χ3v) is 4.75. The van der Waals surface area contributed by atoms with Crippen molar-refractivity contribution in [3.63, 3.8) is 0 Å². The van der Waals surface area contributed by atoms with Gasteiger partial charge in [0.1, 0.15) is 17.3 Å². The van der Waals surface area contributed by atoms with Gasteiger partial charge in [0.2, 0.25) is 0 Å². The lowest BCUT2D eigenvalue weighted by Crippen LogP contribution is -2.32. The zero-order valence-electron chi connectivity index (χ0n) is 15.4. The lowest BCUT2D eigenvalue weighted by Gasteiger charge is -2.18. The Bertz CT molecular complexity index is 1200. The minimum absolute atomic E-state index is 0.0577. The van der Waals surface area contributed by atoms with Crippen LogP contribution in [0.1, 0.15) is 11.1 Å². The van der Waals surface area contributed by atoms with Gasteiger partial charge in [0.25, 0.3) is 11.6 Å². The molecule has 0 fully saturated rings. The van der Waals surface area contributed by atoms with E-state index in [0.717, 1.165) is 0 Å². The third kappa shape index (κ3) is 3.66. The van der Waals surface area contributed by atoms with E-state index in [9.17, 15) is 20.0 Å². The van der Waals surface area contributed by atoms with Crippen LogP contribution in [0.25, 0.3) is 6.08 Å². The van der Waals surface area contributed by atoms with Crippen molar-refractivity contribution in [2.24, 2.45) is 4.99 Å². The lowest BCUT2D eigenvalue weighted by molar-refractivity contribution is -0.385. The molecule has 0 unspecified atom stereocenters. The maximum absolute atomic E-state index is 13.2. The standard InChI is InChI=1S/C22H14ClN3O4/c23-16-7-5-14(6-8-16)21-24-19(13-15-3-1-2-4-20(15)26(29)30)22(28)25(21)17-9-11-18(27)12-10-17/h1-13,27H/b19-13-. The van der Waals surface area contributed by atoms with E-state index in [0.29, 0.717) is 22.1 Å². The number of nitro benzene ring substituents is 1. The summed E-state index contributed by atoms with van der Waals surface area (Å²) in [5.41, 5.74) is 1.35.